The van der Waals surface area contributed by atoms with Crippen molar-refractivity contribution >= 4 is 5.91 Å². The van der Waals surface area contributed by atoms with E-state index in [9.17, 15) is 4.79 Å². The molecule has 0 aromatic carbocycles. The maximum atomic E-state index is 10.8. The lowest BCUT2D eigenvalue weighted by molar-refractivity contribution is -0.120. The van der Waals surface area contributed by atoms with Crippen LogP contribution in [0.4, 0.5) is 0 Å². The molecule has 0 heterocycles. The molecule has 78 valence electrons. The van der Waals surface area contributed by atoms with Gasteiger partial charge in [-0.05, 0) is 33.0 Å². The Kier molecular flexibility index (Phi) is 7.63. The molecule has 13 heavy (non-hydrogen) atoms. The zero-order valence-electron chi connectivity index (χ0n) is 8.60. The molecule has 4 N–H and O–H groups in total. The van der Waals surface area contributed by atoms with Crippen LogP contribution in [0.3, 0.4) is 0 Å². The van der Waals surface area contributed by atoms with Crippen LogP contribution < -0.4 is 16.4 Å². The fourth-order valence-corrected chi connectivity index (χ4v) is 1.20. The van der Waals surface area contributed by atoms with Crippen LogP contribution in [0.2, 0.25) is 0 Å². The summed E-state index contributed by atoms with van der Waals surface area (Å²) in [5, 5.41) is 6.13. The van der Waals surface area contributed by atoms with Crippen molar-refractivity contribution < 1.29 is 4.79 Å². The summed E-state index contributed by atoms with van der Waals surface area (Å²) in [6.45, 7) is 4.11. The lowest BCUT2D eigenvalue weighted by atomic mass is 10.1. The van der Waals surface area contributed by atoms with Crippen molar-refractivity contribution in [2.75, 3.05) is 20.1 Å². The maximum Gasteiger partial charge on any atom is 0.234 e. The van der Waals surface area contributed by atoms with Gasteiger partial charge in [0.25, 0.3) is 0 Å². The molecule has 0 rings (SSSR count). The fourth-order valence-electron chi connectivity index (χ4n) is 1.20. The van der Waals surface area contributed by atoms with Crippen molar-refractivity contribution in [1.29, 1.82) is 0 Å². The molecule has 0 saturated heterocycles. The number of likely N-dealkylation sites (N-methyl/N-ethyl adjacent to an activating group) is 1. The molecule has 0 spiro atoms. The number of hydrogen-bond donors (Lipinski definition) is 3. The summed E-state index contributed by atoms with van der Waals surface area (Å²) in [5.41, 5.74) is 5.17. The number of primary amides is 1. The van der Waals surface area contributed by atoms with Gasteiger partial charge in [-0.2, -0.15) is 0 Å². The Bertz CT molecular complexity index is 139. The van der Waals surface area contributed by atoms with Crippen molar-refractivity contribution in [3.63, 3.8) is 0 Å². The lowest BCUT2D eigenvalue weighted by Crippen LogP contribution is -2.39. The summed E-state index contributed by atoms with van der Waals surface area (Å²) in [6, 6.07) is -0.165. The zero-order chi connectivity index (χ0) is 10.1. The van der Waals surface area contributed by atoms with Crippen LogP contribution in [0, 0.1) is 0 Å². The van der Waals surface area contributed by atoms with Crippen LogP contribution >= 0.6 is 0 Å². The molecule has 1 atom stereocenters. The first kappa shape index (κ1) is 12.4. The number of nitrogens with one attached hydrogen (secondary N) is 2. The van der Waals surface area contributed by atoms with Crippen molar-refractivity contribution in [3.8, 4) is 0 Å². The quantitative estimate of drug-likeness (QED) is 0.463. The molecule has 0 aliphatic rings. The molecule has 0 aromatic rings. The van der Waals surface area contributed by atoms with E-state index in [1.165, 1.54) is 0 Å². The first-order valence-electron chi connectivity index (χ1n) is 4.89. The van der Waals surface area contributed by atoms with Crippen LogP contribution in [0.25, 0.3) is 0 Å². The fraction of sp³-hybridized carbons (Fsp3) is 0.889. The lowest BCUT2D eigenvalue weighted by Gasteiger charge is -2.11. The summed E-state index contributed by atoms with van der Waals surface area (Å²) in [7, 11) is 1.76. The highest BCUT2D eigenvalue weighted by Crippen LogP contribution is 1.99. The van der Waals surface area contributed by atoms with Gasteiger partial charge in [-0.25, -0.2) is 0 Å². The van der Waals surface area contributed by atoms with Gasteiger partial charge in [-0.1, -0.05) is 13.3 Å². The summed E-state index contributed by atoms with van der Waals surface area (Å²) >= 11 is 0. The average Bonchev–Trinajstić information content (AvgIpc) is 2.10. The predicted molar refractivity (Wildman–Crippen MR) is 54.4 cm³/mol. The van der Waals surface area contributed by atoms with Crippen molar-refractivity contribution in [1.82, 2.24) is 10.6 Å². The molecular formula is C9H21N3O. The van der Waals surface area contributed by atoms with E-state index >= 15 is 0 Å². The highest BCUT2D eigenvalue weighted by Gasteiger charge is 2.10. The number of hydrogen-bond acceptors (Lipinski definition) is 3. The summed E-state index contributed by atoms with van der Waals surface area (Å²) in [6.07, 6.45) is 2.96. The molecule has 4 nitrogen and oxygen atoms in total. The minimum Gasteiger partial charge on any atom is -0.368 e. The molecule has 1 amide bonds. The Balaban J connectivity index is 3.33. The highest BCUT2D eigenvalue weighted by molar-refractivity contribution is 5.79. The van der Waals surface area contributed by atoms with Gasteiger partial charge in [-0.15, -0.1) is 0 Å². The Hall–Kier alpha value is -0.610. The zero-order valence-corrected chi connectivity index (χ0v) is 8.60. The third-order valence-electron chi connectivity index (χ3n) is 2.04. The normalized spacial score (nSPS) is 12.8. The molecular weight excluding hydrogens is 166 g/mol. The maximum absolute atomic E-state index is 10.8. The van der Waals surface area contributed by atoms with Gasteiger partial charge in [-0.3, -0.25) is 4.79 Å². The minimum absolute atomic E-state index is 0.165. The molecule has 0 bridgehead atoms. The molecule has 0 saturated carbocycles. The van der Waals surface area contributed by atoms with Crippen molar-refractivity contribution in [3.05, 3.63) is 0 Å². The van der Waals surface area contributed by atoms with E-state index in [1.54, 1.807) is 7.05 Å². The van der Waals surface area contributed by atoms with Crippen LogP contribution in [0.15, 0.2) is 0 Å². The number of rotatable bonds is 8. The van der Waals surface area contributed by atoms with Crippen LogP contribution in [-0.4, -0.2) is 32.1 Å². The van der Waals surface area contributed by atoms with Gasteiger partial charge in [0.1, 0.15) is 0 Å². The van der Waals surface area contributed by atoms with Gasteiger partial charge < -0.3 is 16.4 Å². The number of carbonyl (C=O) groups is 1. The van der Waals surface area contributed by atoms with E-state index in [4.69, 9.17) is 5.73 Å². The van der Waals surface area contributed by atoms with Crippen LogP contribution in [0.1, 0.15) is 26.2 Å². The Morgan fingerprint density at radius 1 is 1.46 bits per heavy atom. The van der Waals surface area contributed by atoms with E-state index in [-0.39, 0.29) is 11.9 Å². The van der Waals surface area contributed by atoms with E-state index in [0.29, 0.717) is 0 Å². The van der Waals surface area contributed by atoms with Gasteiger partial charge in [0.2, 0.25) is 5.91 Å². The third-order valence-corrected chi connectivity index (χ3v) is 2.04. The van der Waals surface area contributed by atoms with Gasteiger partial charge in [0.15, 0.2) is 0 Å². The number of amides is 1. The van der Waals surface area contributed by atoms with Crippen molar-refractivity contribution in [2.24, 2.45) is 5.73 Å². The number of unbranched alkanes of at least 4 members (excludes halogenated alkanes) is 1. The average molecular weight is 187 g/mol. The largest absolute Gasteiger partial charge is 0.368 e. The molecule has 0 radical (unpaired) electrons. The number of nitrogens with two attached hydrogens (primary N) is 1. The summed E-state index contributed by atoms with van der Waals surface area (Å²) in [4.78, 5) is 10.8. The first-order chi connectivity index (χ1) is 6.22. The monoisotopic (exact) mass is 187 g/mol. The Morgan fingerprint density at radius 3 is 2.62 bits per heavy atom. The highest BCUT2D eigenvalue weighted by atomic mass is 16.1. The summed E-state index contributed by atoms with van der Waals surface area (Å²) in [5.74, 6) is -0.258. The molecule has 0 fully saturated rings. The van der Waals surface area contributed by atoms with Crippen LogP contribution in [0.5, 0.6) is 0 Å². The van der Waals surface area contributed by atoms with Crippen molar-refractivity contribution in [2.45, 2.75) is 32.2 Å². The van der Waals surface area contributed by atoms with E-state index in [0.717, 1.165) is 32.4 Å². The topological polar surface area (TPSA) is 67.2 Å². The smallest absolute Gasteiger partial charge is 0.234 e. The molecule has 4 heteroatoms. The molecule has 0 aliphatic carbocycles. The Morgan fingerprint density at radius 2 is 2.15 bits per heavy atom. The minimum atomic E-state index is -0.258. The van der Waals surface area contributed by atoms with Gasteiger partial charge in [0, 0.05) is 0 Å². The molecule has 0 aromatic heterocycles. The predicted octanol–water partition coefficient (Wildman–Crippen LogP) is -0.160. The second kappa shape index (κ2) is 8.01. The van der Waals surface area contributed by atoms with Gasteiger partial charge in [0.05, 0.1) is 6.04 Å². The second-order valence-corrected chi connectivity index (χ2v) is 3.09. The van der Waals surface area contributed by atoms with E-state index in [2.05, 4.69) is 17.6 Å². The van der Waals surface area contributed by atoms with E-state index in [1.807, 2.05) is 0 Å². The van der Waals surface area contributed by atoms with E-state index < -0.39 is 0 Å². The Labute approximate surface area is 80.3 Å². The van der Waals surface area contributed by atoms with Gasteiger partial charge >= 0.3 is 0 Å². The standard InChI is InChI=1S/C9H21N3O/c1-3-12-7-5-4-6-8(11-2)9(10)13/h8,11-12H,3-7H2,1-2H3,(H2,10,13). The van der Waals surface area contributed by atoms with Crippen LogP contribution in [-0.2, 0) is 4.79 Å². The first-order valence-corrected chi connectivity index (χ1v) is 4.89. The molecule has 0 aliphatic heterocycles. The summed E-state index contributed by atoms with van der Waals surface area (Å²) < 4.78 is 0. The molecule has 1 unspecified atom stereocenters. The second-order valence-electron chi connectivity index (χ2n) is 3.09. The third kappa shape index (κ3) is 6.54. The number of carbonyl (C=O) groups excluding carboxylic acids is 1. The SMILES string of the molecule is CCNCCCCC(NC)C(N)=O.